The van der Waals surface area contributed by atoms with Crippen LogP contribution in [0.2, 0.25) is 0 Å². The second-order valence-corrected chi connectivity index (χ2v) is 8.08. The summed E-state index contributed by atoms with van der Waals surface area (Å²) in [5, 5.41) is 6.21. The van der Waals surface area contributed by atoms with Gasteiger partial charge in [0.15, 0.2) is 0 Å². The van der Waals surface area contributed by atoms with Crippen LogP contribution in [0.1, 0.15) is 62.8 Å². The number of benzene rings is 1. The molecule has 1 aromatic heterocycles. The third-order valence-electron chi connectivity index (χ3n) is 4.07. The molecule has 26 heavy (non-hydrogen) atoms. The Morgan fingerprint density at radius 3 is 2.50 bits per heavy atom. The van der Waals surface area contributed by atoms with Gasteiger partial charge in [-0.15, -0.1) is 0 Å². The van der Waals surface area contributed by atoms with Crippen molar-refractivity contribution >= 4 is 17.5 Å². The van der Waals surface area contributed by atoms with E-state index in [0.29, 0.717) is 17.6 Å². The van der Waals surface area contributed by atoms with Crippen molar-refractivity contribution in [2.24, 2.45) is 5.92 Å². The summed E-state index contributed by atoms with van der Waals surface area (Å²) in [5.74, 6) is 0.878. The minimum Gasteiger partial charge on any atom is -0.354 e. The number of hydrogen-bond acceptors (Lipinski definition) is 4. The highest BCUT2D eigenvalue weighted by atomic mass is 16.1. The van der Waals surface area contributed by atoms with Crippen molar-refractivity contribution in [2.75, 3.05) is 17.2 Å². The summed E-state index contributed by atoms with van der Waals surface area (Å²) in [7, 11) is 0. The lowest BCUT2D eigenvalue weighted by Gasteiger charge is -2.23. The van der Waals surface area contributed by atoms with Gasteiger partial charge in [-0.05, 0) is 42.4 Å². The van der Waals surface area contributed by atoms with E-state index in [1.165, 1.54) is 0 Å². The molecule has 2 N–H and O–H groups in total. The average molecular weight is 354 g/mol. The molecular formula is C21H30N4O. The summed E-state index contributed by atoms with van der Waals surface area (Å²) in [6, 6.07) is 9.59. The van der Waals surface area contributed by atoms with Crippen LogP contribution in [0.15, 0.2) is 30.3 Å². The Morgan fingerprint density at radius 2 is 1.85 bits per heavy atom. The third kappa shape index (κ3) is 5.55. The number of nitrogens with zero attached hydrogens (tertiary/aromatic N) is 2. The zero-order chi connectivity index (χ0) is 19.3. The number of carbonyl (C=O) groups excluding carboxylic acids is 1. The summed E-state index contributed by atoms with van der Waals surface area (Å²) < 4.78 is 0. The molecule has 0 aliphatic carbocycles. The first-order chi connectivity index (χ1) is 12.2. The average Bonchev–Trinajstić information content (AvgIpc) is 2.53. The largest absolute Gasteiger partial charge is 0.354 e. The van der Waals surface area contributed by atoms with E-state index in [1.807, 2.05) is 31.2 Å². The first-order valence-electron chi connectivity index (χ1n) is 9.17. The smallest absolute Gasteiger partial charge is 0.274 e. The van der Waals surface area contributed by atoms with Crippen LogP contribution in [0.25, 0.3) is 0 Å². The molecule has 1 amide bonds. The first kappa shape index (κ1) is 19.9. The molecule has 0 aliphatic rings. The van der Waals surface area contributed by atoms with E-state index in [9.17, 15) is 4.79 Å². The Labute approximate surface area is 156 Å². The topological polar surface area (TPSA) is 66.9 Å². The second-order valence-electron chi connectivity index (χ2n) is 8.08. The van der Waals surface area contributed by atoms with E-state index in [-0.39, 0.29) is 11.3 Å². The summed E-state index contributed by atoms with van der Waals surface area (Å²) in [4.78, 5) is 21.5. The highest BCUT2D eigenvalue weighted by Crippen LogP contribution is 2.29. The van der Waals surface area contributed by atoms with Gasteiger partial charge in [-0.25, -0.2) is 9.97 Å². The lowest BCUT2D eigenvalue weighted by Crippen LogP contribution is -2.20. The summed E-state index contributed by atoms with van der Waals surface area (Å²) >= 11 is 0. The molecule has 0 fully saturated rings. The van der Waals surface area contributed by atoms with Crippen LogP contribution >= 0.6 is 0 Å². The summed E-state index contributed by atoms with van der Waals surface area (Å²) in [6.45, 7) is 13.4. The third-order valence-corrected chi connectivity index (χ3v) is 4.07. The molecule has 0 aliphatic heterocycles. The Hall–Kier alpha value is -2.43. The number of para-hydroxylation sites is 1. The Bertz CT molecular complexity index is 763. The Morgan fingerprint density at radius 1 is 1.15 bits per heavy atom. The van der Waals surface area contributed by atoms with Gasteiger partial charge in [0.25, 0.3) is 5.91 Å². The van der Waals surface area contributed by atoms with Crippen LogP contribution in [0.5, 0.6) is 0 Å². The monoisotopic (exact) mass is 354 g/mol. The lowest BCUT2D eigenvalue weighted by molar-refractivity contribution is 0.102. The van der Waals surface area contributed by atoms with Crippen LogP contribution < -0.4 is 10.6 Å². The van der Waals surface area contributed by atoms with E-state index < -0.39 is 0 Å². The SMILES string of the molecule is Cc1cc(C(=O)Nc2ccccc2C(C)(C)C)nc(NCCC(C)C)n1. The molecule has 2 rings (SSSR count). The van der Waals surface area contributed by atoms with Crippen molar-refractivity contribution in [3.05, 3.63) is 47.3 Å². The number of aryl methyl sites for hydroxylation is 1. The zero-order valence-electron chi connectivity index (χ0n) is 16.7. The first-order valence-corrected chi connectivity index (χ1v) is 9.17. The molecule has 0 bridgehead atoms. The van der Waals surface area contributed by atoms with Gasteiger partial charge in [0.2, 0.25) is 5.95 Å². The number of aromatic nitrogens is 2. The predicted octanol–water partition coefficient (Wildman–Crippen LogP) is 4.79. The molecule has 5 nitrogen and oxygen atoms in total. The van der Waals surface area contributed by atoms with Crippen molar-refractivity contribution < 1.29 is 4.79 Å². The Balaban J connectivity index is 2.19. The van der Waals surface area contributed by atoms with E-state index in [4.69, 9.17) is 0 Å². The molecule has 5 heteroatoms. The maximum atomic E-state index is 12.8. The summed E-state index contributed by atoms with van der Waals surface area (Å²) in [5.41, 5.74) is 2.98. The standard InChI is InChI=1S/C21H30N4O/c1-14(2)11-12-22-20-23-15(3)13-18(25-20)19(26)24-17-10-8-7-9-16(17)21(4,5)6/h7-10,13-14H,11-12H2,1-6H3,(H,24,26)(H,22,23,25). The molecule has 1 heterocycles. The Kier molecular flexibility index (Phi) is 6.35. The van der Waals surface area contributed by atoms with Gasteiger partial charge < -0.3 is 10.6 Å². The van der Waals surface area contributed by atoms with Crippen LogP contribution in [0.3, 0.4) is 0 Å². The van der Waals surface area contributed by atoms with Crippen molar-refractivity contribution in [1.82, 2.24) is 9.97 Å². The van der Waals surface area contributed by atoms with Gasteiger partial charge in [0, 0.05) is 17.9 Å². The van der Waals surface area contributed by atoms with Crippen molar-refractivity contribution in [2.45, 2.75) is 53.4 Å². The minimum atomic E-state index is -0.223. The maximum absolute atomic E-state index is 12.8. The molecule has 0 saturated heterocycles. The van der Waals surface area contributed by atoms with Gasteiger partial charge >= 0.3 is 0 Å². The molecule has 0 atom stereocenters. The zero-order valence-corrected chi connectivity index (χ0v) is 16.7. The van der Waals surface area contributed by atoms with Gasteiger partial charge in [-0.3, -0.25) is 4.79 Å². The fourth-order valence-corrected chi connectivity index (χ4v) is 2.67. The number of amides is 1. The summed E-state index contributed by atoms with van der Waals surface area (Å²) in [6.07, 6.45) is 1.03. The molecule has 1 aromatic carbocycles. The molecule has 0 spiro atoms. The van der Waals surface area contributed by atoms with Crippen LogP contribution in [-0.4, -0.2) is 22.4 Å². The van der Waals surface area contributed by atoms with Crippen LogP contribution in [-0.2, 0) is 5.41 Å². The van der Waals surface area contributed by atoms with Crippen LogP contribution in [0, 0.1) is 12.8 Å². The minimum absolute atomic E-state index is 0.0605. The van der Waals surface area contributed by atoms with Crippen molar-refractivity contribution in [3.63, 3.8) is 0 Å². The molecular weight excluding hydrogens is 324 g/mol. The van der Waals surface area contributed by atoms with Gasteiger partial charge in [-0.2, -0.15) is 0 Å². The second kappa shape index (κ2) is 8.30. The number of nitrogens with one attached hydrogen (secondary N) is 2. The van der Waals surface area contributed by atoms with Gasteiger partial charge in [-0.1, -0.05) is 52.8 Å². The van der Waals surface area contributed by atoms with Gasteiger partial charge in [0.1, 0.15) is 5.69 Å². The normalized spacial score (nSPS) is 11.5. The molecule has 0 unspecified atom stereocenters. The lowest BCUT2D eigenvalue weighted by atomic mass is 9.86. The number of carbonyl (C=O) groups is 1. The fraction of sp³-hybridized carbons (Fsp3) is 0.476. The van der Waals surface area contributed by atoms with E-state index >= 15 is 0 Å². The van der Waals surface area contributed by atoms with E-state index in [1.54, 1.807) is 6.07 Å². The van der Waals surface area contributed by atoms with Crippen molar-refractivity contribution in [3.8, 4) is 0 Å². The number of hydrogen-bond donors (Lipinski definition) is 2. The number of anilines is 2. The van der Waals surface area contributed by atoms with Crippen LogP contribution in [0.4, 0.5) is 11.6 Å². The van der Waals surface area contributed by atoms with Gasteiger partial charge in [0.05, 0.1) is 0 Å². The highest BCUT2D eigenvalue weighted by Gasteiger charge is 2.19. The molecule has 0 radical (unpaired) electrons. The maximum Gasteiger partial charge on any atom is 0.274 e. The predicted molar refractivity (Wildman–Crippen MR) is 108 cm³/mol. The highest BCUT2D eigenvalue weighted by molar-refractivity contribution is 6.03. The fourth-order valence-electron chi connectivity index (χ4n) is 2.67. The van der Waals surface area contributed by atoms with Crippen molar-refractivity contribution in [1.29, 1.82) is 0 Å². The molecule has 140 valence electrons. The quantitative estimate of drug-likeness (QED) is 0.782. The number of rotatable bonds is 6. The van der Waals surface area contributed by atoms with E-state index in [2.05, 4.69) is 55.2 Å². The molecule has 0 saturated carbocycles. The molecule has 2 aromatic rings. The van der Waals surface area contributed by atoms with E-state index in [0.717, 1.165) is 29.9 Å².